The molecule has 5 nitrogen and oxygen atoms in total. The number of nitrogens with one attached hydrogen (secondary N) is 1. The van der Waals surface area contributed by atoms with E-state index in [0.29, 0.717) is 10.8 Å². The molecule has 1 N–H and O–H groups in total. The van der Waals surface area contributed by atoms with Crippen molar-refractivity contribution in [2.45, 2.75) is 43.9 Å². The van der Waals surface area contributed by atoms with Crippen molar-refractivity contribution in [3.05, 3.63) is 29.0 Å². The van der Waals surface area contributed by atoms with Gasteiger partial charge in [0.05, 0.1) is 0 Å². The zero-order chi connectivity index (χ0) is 16.3. The van der Waals surface area contributed by atoms with E-state index in [1.807, 2.05) is 29.9 Å². The second-order valence-electron chi connectivity index (χ2n) is 8.07. The van der Waals surface area contributed by atoms with E-state index in [-0.39, 0.29) is 11.3 Å². The molecule has 0 spiro atoms. The Balaban J connectivity index is 1.38. The molecule has 6 heteroatoms. The molecule has 4 bridgehead atoms. The number of hydrogen-bond donors (Lipinski definition) is 1. The van der Waals surface area contributed by atoms with Crippen molar-refractivity contribution in [2.75, 3.05) is 5.32 Å². The summed E-state index contributed by atoms with van der Waals surface area (Å²) in [4.78, 5) is 12.4. The lowest BCUT2D eigenvalue weighted by Gasteiger charge is -2.55. The zero-order valence-electron chi connectivity index (χ0n) is 13.9. The number of amides is 1. The van der Waals surface area contributed by atoms with E-state index >= 15 is 0 Å². The van der Waals surface area contributed by atoms with Gasteiger partial charge in [0.25, 0.3) is 5.91 Å². The van der Waals surface area contributed by atoms with Crippen molar-refractivity contribution in [2.24, 2.45) is 24.8 Å². The average Bonchev–Trinajstić information content (AvgIpc) is 3.15. The van der Waals surface area contributed by atoms with Crippen molar-refractivity contribution in [3.63, 3.8) is 0 Å². The molecule has 4 saturated carbocycles. The van der Waals surface area contributed by atoms with Gasteiger partial charge in [0.1, 0.15) is 10.7 Å². The number of aryl methyl sites for hydroxylation is 1. The van der Waals surface area contributed by atoms with Gasteiger partial charge in [-0.05, 0) is 68.4 Å². The molecular weight excluding hydrogens is 320 g/mol. The molecule has 4 fully saturated rings. The molecule has 1 amide bonds. The Morgan fingerprint density at radius 3 is 2.46 bits per heavy atom. The van der Waals surface area contributed by atoms with E-state index in [9.17, 15) is 4.79 Å². The Morgan fingerprint density at radius 2 is 1.88 bits per heavy atom. The fraction of sp³-hybridized carbons (Fsp3) is 0.611. The Hall–Kier alpha value is -1.69. The quantitative estimate of drug-likeness (QED) is 0.927. The molecule has 0 aromatic carbocycles. The first-order chi connectivity index (χ1) is 11.6. The maximum atomic E-state index is 12.4. The maximum absolute atomic E-state index is 12.4. The standard InChI is InChI=1S/C18H22N4OS/c1-22-4-2-3-14(22)15(23)19-17-21-20-16(24-17)18-8-11-5-12(9-18)7-13(6-11)10-18/h2-4,11-13H,5-10H2,1H3,(H,19,21,23). The minimum Gasteiger partial charge on any atom is -0.347 e. The van der Waals surface area contributed by atoms with Crippen molar-refractivity contribution in [3.8, 4) is 0 Å². The van der Waals surface area contributed by atoms with Crippen molar-refractivity contribution in [1.82, 2.24) is 14.8 Å². The molecule has 0 unspecified atom stereocenters. The predicted octanol–water partition coefficient (Wildman–Crippen LogP) is 3.60. The summed E-state index contributed by atoms with van der Waals surface area (Å²) in [5.41, 5.74) is 0.891. The number of hydrogen-bond acceptors (Lipinski definition) is 4. The van der Waals surface area contributed by atoms with Crippen molar-refractivity contribution < 1.29 is 4.79 Å². The number of anilines is 1. The van der Waals surface area contributed by atoms with E-state index < -0.39 is 0 Å². The summed E-state index contributed by atoms with van der Waals surface area (Å²) in [7, 11) is 1.87. The fourth-order valence-corrected chi connectivity index (χ4v) is 6.68. The van der Waals surface area contributed by atoms with E-state index in [0.717, 1.165) is 22.8 Å². The predicted molar refractivity (Wildman–Crippen MR) is 93.1 cm³/mol. The van der Waals surface area contributed by atoms with Crippen LogP contribution in [0.15, 0.2) is 18.3 Å². The highest BCUT2D eigenvalue weighted by Gasteiger charge is 2.53. The van der Waals surface area contributed by atoms with Gasteiger partial charge in [0, 0.05) is 18.7 Å². The molecule has 0 atom stereocenters. The molecule has 0 radical (unpaired) electrons. The lowest BCUT2D eigenvalue weighted by Crippen LogP contribution is -2.48. The van der Waals surface area contributed by atoms with E-state index in [1.54, 1.807) is 11.3 Å². The van der Waals surface area contributed by atoms with Crippen LogP contribution in [0.3, 0.4) is 0 Å². The van der Waals surface area contributed by atoms with Gasteiger partial charge >= 0.3 is 0 Å². The number of carbonyl (C=O) groups excluding carboxylic acids is 1. The van der Waals surface area contributed by atoms with Crippen molar-refractivity contribution in [1.29, 1.82) is 0 Å². The largest absolute Gasteiger partial charge is 0.347 e. The third-order valence-electron chi connectivity index (χ3n) is 6.31. The van der Waals surface area contributed by atoms with Crippen LogP contribution in [-0.2, 0) is 12.5 Å². The molecule has 4 aliphatic rings. The smallest absolute Gasteiger partial charge is 0.274 e. The first-order valence-corrected chi connectivity index (χ1v) is 9.70. The number of rotatable bonds is 3. The molecule has 2 heterocycles. The number of aromatic nitrogens is 3. The third kappa shape index (κ3) is 2.23. The summed E-state index contributed by atoms with van der Waals surface area (Å²) < 4.78 is 1.82. The van der Waals surface area contributed by atoms with Gasteiger partial charge < -0.3 is 4.57 Å². The van der Waals surface area contributed by atoms with Crippen LogP contribution in [0.25, 0.3) is 0 Å². The zero-order valence-corrected chi connectivity index (χ0v) is 14.7. The van der Waals surface area contributed by atoms with Crippen LogP contribution >= 0.6 is 11.3 Å². The van der Waals surface area contributed by atoms with Gasteiger partial charge in [-0.15, -0.1) is 10.2 Å². The first-order valence-electron chi connectivity index (χ1n) is 8.88. The topological polar surface area (TPSA) is 59.8 Å². The summed E-state index contributed by atoms with van der Waals surface area (Å²) in [6.45, 7) is 0. The van der Waals surface area contributed by atoms with Crippen molar-refractivity contribution >= 4 is 22.4 Å². The van der Waals surface area contributed by atoms with Gasteiger partial charge in [-0.3, -0.25) is 10.1 Å². The van der Waals surface area contributed by atoms with Gasteiger partial charge in [0.2, 0.25) is 5.13 Å². The van der Waals surface area contributed by atoms with Crippen LogP contribution in [0.1, 0.15) is 54.0 Å². The lowest BCUT2D eigenvalue weighted by molar-refractivity contribution is -0.00555. The summed E-state index contributed by atoms with van der Waals surface area (Å²) in [5, 5.41) is 13.5. The average molecular weight is 342 g/mol. The normalized spacial score (nSPS) is 33.8. The molecular formula is C18H22N4OS. The van der Waals surface area contributed by atoms with E-state index in [1.165, 1.54) is 38.5 Å². The minimum atomic E-state index is -0.115. The Labute approximate surface area is 145 Å². The Kier molecular flexibility index (Phi) is 3.14. The third-order valence-corrected chi connectivity index (χ3v) is 7.40. The van der Waals surface area contributed by atoms with Crippen LogP contribution in [-0.4, -0.2) is 20.7 Å². The summed E-state index contributed by atoms with van der Waals surface area (Å²) >= 11 is 1.59. The summed E-state index contributed by atoms with van der Waals surface area (Å²) in [6, 6.07) is 3.69. The monoisotopic (exact) mass is 342 g/mol. The molecule has 0 saturated heterocycles. The molecule has 6 rings (SSSR count). The van der Waals surface area contributed by atoms with E-state index in [4.69, 9.17) is 0 Å². The molecule has 24 heavy (non-hydrogen) atoms. The van der Waals surface area contributed by atoms with Crippen LogP contribution in [0.5, 0.6) is 0 Å². The summed E-state index contributed by atoms with van der Waals surface area (Å²) in [5.74, 6) is 2.56. The molecule has 126 valence electrons. The Morgan fingerprint density at radius 1 is 1.21 bits per heavy atom. The fourth-order valence-electron chi connectivity index (χ4n) is 5.72. The van der Waals surface area contributed by atoms with Crippen LogP contribution in [0.4, 0.5) is 5.13 Å². The second kappa shape index (κ2) is 5.15. The molecule has 0 aliphatic heterocycles. The minimum absolute atomic E-state index is 0.115. The number of carbonyl (C=O) groups is 1. The highest BCUT2D eigenvalue weighted by Crippen LogP contribution is 2.61. The highest BCUT2D eigenvalue weighted by atomic mass is 32.1. The van der Waals surface area contributed by atoms with Gasteiger partial charge in [-0.2, -0.15) is 0 Å². The molecule has 4 aliphatic carbocycles. The summed E-state index contributed by atoms with van der Waals surface area (Å²) in [6.07, 6.45) is 9.98. The number of nitrogens with zero attached hydrogens (tertiary/aromatic N) is 3. The van der Waals surface area contributed by atoms with Gasteiger partial charge in [-0.1, -0.05) is 11.3 Å². The van der Waals surface area contributed by atoms with E-state index in [2.05, 4.69) is 15.5 Å². The molecule has 2 aromatic rings. The first kappa shape index (κ1) is 14.6. The molecule has 2 aromatic heterocycles. The second-order valence-corrected chi connectivity index (χ2v) is 9.05. The van der Waals surface area contributed by atoms with Gasteiger partial charge in [-0.25, -0.2) is 0 Å². The van der Waals surface area contributed by atoms with Gasteiger partial charge in [0.15, 0.2) is 0 Å². The van der Waals surface area contributed by atoms with Crippen LogP contribution < -0.4 is 5.32 Å². The van der Waals surface area contributed by atoms with Crippen LogP contribution in [0.2, 0.25) is 0 Å². The van der Waals surface area contributed by atoms with Crippen LogP contribution in [0, 0.1) is 17.8 Å². The Bertz CT molecular complexity index is 757. The maximum Gasteiger partial charge on any atom is 0.274 e. The lowest BCUT2D eigenvalue weighted by atomic mass is 9.50. The SMILES string of the molecule is Cn1cccc1C(=O)Nc1nnc(C23CC4CC(CC(C4)C2)C3)s1. The highest BCUT2D eigenvalue weighted by molar-refractivity contribution is 7.15.